The molecule has 2 amide bonds. The number of hydrogen-bond donors (Lipinski definition) is 0. The summed E-state index contributed by atoms with van der Waals surface area (Å²) in [5, 5.41) is 9.56. The molecule has 2 aromatic carbocycles. The number of furan rings is 1. The fourth-order valence-corrected chi connectivity index (χ4v) is 3.66. The minimum Gasteiger partial charge on any atom is -0.493 e. The van der Waals surface area contributed by atoms with Crippen LogP contribution in [0.25, 0.3) is 6.08 Å². The van der Waals surface area contributed by atoms with Crippen LogP contribution in [0.15, 0.2) is 82.0 Å². The molecule has 2 heterocycles. The van der Waals surface area contributed by atoms with Crippen LogP contribution in [0.5, 0.6) is 11.5 Å². The Morgan fingerprint density at radius 2 is 1.89 bits per heavy atom. The van der Waals surface area contributed by atoms with Crippen molar-refractivity contribution >= 4 is 17.9 Å². The van der Waals surface area contributed by atoms with Gasteiger partial charge in [0.25, 0.3) is 11.8 Å². The zero-order chi connectivity index (χ0) is 24.9. The molecule has 4 rings (SSSR count). The molecule has 1 aliphatic rings. The largest absolute Gasteiger partial charge is 0.493 e. The lowest BCUT2D eigenvalue weighted by atomic mass is 9.93. The van der Waals surface area contributed by atoms with Gasteiger partial charge in [-0.05, 0) is 54.5 Å². The first-order valence-corrected chi connectivity index (χ1v) is 10.7. The van der Waals surface area contributed by atoms with Crippen LogP contribution in [0.1, 0.15) is 23.8 Å². The second-order valence-electron chi connectivity index (χ2n) is 7.74. The Morgan fingerprint density at radius 3 is 2.57 bits per heavy atom. The zero-order valence-corrected chi connectivity index (χ0v) is 19.1. The molecular weight excluding hydrogens is 451 g/mol. The topological polar surface area (TPSA) is 92.8 Å². The summed E-state index contributed by atoms with van der Waals surface area (Å²) in [7, 11) is 1.47. The number of rotatable bonds is 7. The summed E-state index contributed by atoms with van der Waals surface area (Å²) >= 11 is 0. The van der Waals surface area contributed by atoms with E-state index < -0.39 is 11.8 Å². The van der Waals surface area contributed by atoms with Crippen LogP contribution in [-0.2, 0) is 22.7 Å². The summed E-state index contributed by atoms with van der Waals surface area (Å²) in [6, 6.07) is 16.5. The molecule has 35 heavy (non-hydrogen) atoms. The second-order valence-corrected chi connectivity index (χ2v) is 7.74. The molecule has 0 radical (unpaired) electrons. The summed E-state index contributed by atoms with van der Waals surface area (Å²) in [5.41, 5.74) is 1.37. The van der Waals surface area contributed by atoms with Gasteiger partial charge in [0.2, 0.25) is 0 Å². The van der Waals surface area contributed by atoms with Gasteiger partial charge in [0.15, 0.2) is 11.5 Å². The van der Waals surface area contributed by atoms with Crippen LogP contribution in [0, 0.1) is 17.1 Å². The van der Waals surface area contributed by atoms with Gasteiger partial charge in [-0.1, -0.05) is 24.3 Å². The van der Waals surface area contributed by atoms with Crippen molar-refractivity contribution in [1.82, 2.24) is 4.90 Å². The van der Waals surface area contributed by atoms with E-state index in [1.54, 1.807) is 61.5 Å². The summed E-state index contributed by atoms with van der Waals surface area (Å²) in [5.74, 6) is -0.384. The Kier molecular flexibility index (Phi) is 6.78. The molecule has 0 unspecified atom stereocenters. The van der Waals surface area contributed by atoms with E-state index in [4.69, 9.17) is 13.9 Å². The van der Waals surface area contributed by atoms with Gasteiger partial charge in [0.1, 0.15) is 29.8 Å². The Bertz CT molecular complexity index is 1380. The van der Waals surface area contributed by atoms with Crippen molar-refractivity contribution in [2.75, 3.05) is 7.11 Å². The molecule has 0 saturated heterocycles. The Morgan fingerprint density at radius 1 is 1.09 bits per heavy atom. The van der Waals surface area contributed by atoms with Crippen LogP contribution >= 0.6 is 0 Å². The van der Waals surface area contributed by atoms with Crippen LogP contribution in [0.4, 0.5) is 4.39 Å². The van der Waals surface area contributed by atoms with E-state index in [0.29, 0.717) is 28.4 Å². The predicted octanol–water partition coefficient (Wildman–Crippen LogP) is 4.80. The molecule has 0 N–H and O–H groups in total. The molecule has 0 saturated carbocycles. The van der Waals surface area contributed by atoms with Gasteiger partial charge in [0.05, 0.1) is 19.9 Å². The number of carbonyl (C=O) groups excluding carboxylic acids is 2. The molecule has 0 fully saturated rings. The number of nitrogens with zero attached hydrogens (tertiary/aromatic N) is 2. The molecule has 176 valence electrons. The van der Waals surface area contributed by atoms with Gasteiger partial charge in [-0.2, -0.15) is 5.26 Å². The monoisotopic (exact) mass is 472 g/mol. The predicted molar refractivity (Wildman–Crippen MR) is 124 cm³/mol. The van der Waals surface area contributed by atoms with E-state index in [1.807, 2.05) is 6.07 Å². The van der Waals surface area contributed by atoms with Crippen molar-refractivity contribution in [3.05, 3.63) is 100 Å². The number of carbonyl (C=O) groups is 2. The molecule has 8 heteroatoms. The van der Waals surface area contributed by atoms with E-state index in [1.165, 1.54) is 19.4 Å². The maximum Gasteiger partial charge on any atom is 0.272 e. The Balaban J connectivity index is 1.64. The number of hydrogen-bond acceptors (Lipinski definition) is 6. The molecule has 0 aliphatic carbocycles. The standard InChI is InChI=1S/C27H21FN2O5/c1-17-21(26(31)30(27(32)22(17)14-29)15-20-7-5-11-34-20)12-18-9-10-24(25(13-18)33-2)35-16-19-6-3-4-8-23(19)28/h3-13H,15-16H2,1-2H3/b21-12+. The Labute approximate surface area is 201 Å². The van der Waals surface area contributed by atoms with Gasteiger partial charge in [-0.25, -0.2) is 4.39 Å². The van der Waals surface area contributed by atoms with Gasteiger partial charge in [-0.15, -0.1) is 0 Å². The lowest BCUT2D eigenvalue weighted by Crippen LogP contribution is -2.42. The molecular formula is C27H21FN2O5. The number of amides is 2. The first-order chi connectivity index (χ1) is 16.9. The average molecular weight is 472 g/mol. The molecule has 0 spiro atoms. The first-order valence-electron chi connectivity index (χ1n) is 10.7. The lowest BCUT2D eigenvalue weighted by Gasteiger charge is -2.26. The third-order valence-electron chi connectivity index (χ3n) is 5.56. The van der Waals surface area contributed by atoms with Crippen molar-refractivity contribution in [3.8, 4) is 17.6 Å². The molecule has 0 atom stereocenters. The minimum atomic E-state index is -0.668. The van der Waals surface area contributed by atoms with Gasteiger partial charge in [-0.3, -0.25) is 14.5 Å². The highest BCUT2D eigenvalue weighted by molar-refractivity contribution is 6.19. The smallest absolute Gasteiger partial charge is 0.272 e. The molecule has 3 aromatic rings. The minimum absolute atomic E-state index is 0.0131. The quantitative estimate of drug-likeness (QED) is 0.362. The average Bonchev–Trinajstić information content (AvgIpc) is 3.38. The lowest BCUT2D eigenvalue weighted by molar-refractivity contribution is -0.141. The van der Waals surface area contributed by atoms with E-state index in [0.717, 1.165) is 4.90 Å². The number of nitriles is 1. The van der Waals surface area contributed by atoms with Crippen molar-refractivity contribution in [2.45, 2.75) is 20.1 Å². The van der Waals surface area contributed by atoms with Crippen molar-refractivity contribution in [3.63, 3.8) is 0 Å². The third-order valence-corrected chi connectivity index (χ3v) is 5.56. The highest BCUT2D eigenvalue weighted by Gasteiger charge is 2.36. The van der Waals surface area contributed by atoms with Crippen LogP contribution in [0.3, 0.4) is 0 Å². The fourth-order valence-electron chi connectivity index (χ4n) is 3.66. The van der Waals surface area contributed by atoms with Gasteiger partial charge >= 0.3 is 0 Å². The fraction of sp³-hybridized carbons (Fsp3) is 0.148. The molecule has 0 bridgehead atoms. The van der Waals surface area contributed by atoms with Crippen LogP contribution < -0.4 is 9.47 Å². The Hall–Kier alpha value is -4.64. The third kappa shape index (κ3) is 4.84. The number of ether oxygens (including phenoxy) is 2. The highest BCUT2D eigenvalue weighted by atomic mass is 19.1. The van der Waals surface area contributed by atoms with Crippen molar-refractivity contribution < 1.29 is 27.9 Å². The van der Waals surface area contributed by atoms with Crippen LogP contribution in [-0.4, -0.2) is 23.8 Å². The summed E-state index contributed by atoms with van der Waals surface area (Å²) < 4.78 is 30.3. The number of benzene rings is 2. The maximum atomic E-state index is 13.9. The number of imide groups is 1. The van der Waals surface area contributed by atoms with Gasteiger partial charge < -0.3 is 13.9 Å². The normalized spacial score (nSPS) is 14.9. The molecule has 1 aliphatic heterocycles. The van der Waals surface area contributed by atoms with Crippen molar-refractivity contribution in [2.24, 2.45) is 0 Å². The van der Waals surface area contributed by atoms with Crippen LogP contribution in [0.2, 0.25) is 0 Å². The summed E-state index contributed by atoms with van der Waals surface area (Å²) in [6.45, 7) is 1.49. The first kappa shape index (κ1) is 23.5. The molecule has 7 nitrogen and oxygen atoms in total. The maximum absolute atomic E-state index is 13.9. The molecule has 1 aromatic heterocycles. The SMILES string of the molecule is COc1cc(/C=C2/C(=O)N(Cc3ccco3)C(=O)C(C#N)=C2C)ccc1OCc1ccccc1F. The zero-order valence-electron chi connectivity index (χ0n) is 19.1. The van der Waals surface area contributed by atoms with Crippen molar-refractivity contribution in [1.29, 1.82) is 5.26 Å². The van der Waals surface area contributed by atoms with E-state index in [9.17, 15) is 19.2 Å². The number of methoxy groups -OCH3 is 1. The summed E-state index contributed by atoms with van der Waals surface area (Å²) in [6.07, 6.45) is 3.03. The van der Waals surface area contributed by atoms with Gasteiger partial charge in [0, 0.05) is 11.1 Å². The number of halogens is 1. The van der Waals surface area contributed by atoms with E-state index in [-0.39, 0.29) is 35.7 Å². The van der Waals surface area contributed by atoms with E-state index >= 15 is 0 Å². The van der Waals surface area contributed by atoms with E-state index in [2.05, 4.69) is 0 Å². The summed E-state index contributed by atoms with van der Waals surface area (Å²) in [4.78, 5) is 26.9. The second kappa shape index (κ2) is 10.1. The highest BCUT2D eigenvalue weighted by Crippen LogP contribution is 2.32.